The normalized spacial score (nSPS) is 9.87. The van der Waals surface area contributed by atoms with Gasteiger partial charge in [-0.15, -0.1) is 0 Å². The largest absolute Gasteiger partial charge is 0.382 e. The molecule has 4 heteroatoms. The number of aromatic nitrogens is 2. The van der Waals surface area contributed by atoms with Crippen molar-refractivity contribution in [2.75, 3.05) is 0 Å². The van der Waals surface area contributed by atoms with Crippen LogP contribution in [0.2, 0.25) is 0 Å². The van der Waals surface area contributed by atoms with E-state index in [0.717, 1.165) is 11.3 Å². The summed E-state index contributed by atoms with van der Waals surface area (Å²) in [6.45, 7) is 0. The number of hydrogen-bond donors (Lipinski definition) is 2. The van der Waals surface area contributed by atoms with E-state index in [2.05, 4.69) is 9.97 Å². The van der Waals surface area contributed by atoms with Gasteiger partial charge in [0, 0.05) is 18.0 Å². The number of nitrogens with two attached hydrogens (primary N) is 1. The van der Waals surface area contributed by atoms with Crippen LogP contribution in [0.5, 0.6) is 0 Å². The van der Waals surface area contributed by atoms with E-state index in [1.54, 1.807) is 18.5 Å². The van der Waals surface area contributed by atoms with Gasteiger partial charge in [-0.05, 0) is 24.3 Å². The van der Waals surface area contributed by atoms with Crippen LogP contribution in [0.15, 0.2) is 42.7 Å². The van der Waals surface area contributed by atoms with Crippen LogP contribution in [0.4, 0.5) is 0 Å². The van der Waals surface area contributed by atoms with E-state index < -0.39 is 0 Å². The van der Waals surface area contributed by atoms with Gasteiger partial charge in [-0.1, -0.05) is 6.07 Å². The maximum atomic E-state index is 7.41. The van der Waals surface area contributed by atoms with Gasteiger partial charge in [-0.25, -0.2) is 0 Å². The summed E-state index contributed by atoms with van der Waals surface area (Å²) in [6, 6.07) is 9.25. The molecule has 0 spiro atoms. The van der Waals surface area contributed by atoms with Crippen molar-refractivity contribution in [3.05, 3.63) is 48.4 Å². The Labute approximate surface area is 87.3 Å². The summed E-state index contributed by atoms with van der Waals surface area (Å²) in [7, 11) is 0. The molecule has 0 aliphatic carbocycles. The van der Waals surface area contributed by atoms with Crippen molar-refractivity contribution in [2.24, 2.45) is 5.73 Å². The lowest BCUT2D eigenvalue weighted by molar-refractivity contribution is 1.23. The fourth-order valence-corrected chi connectivity index (χ4v) is 1.35. The van der Waals surface area contributed by atoms with Crippen LogP contribution in [0.3, 0.4) is 0 Å². The second-order valence-electron chi connectivity index (χ2n) is 3.03. The highest BCUT2D eigenvalue weighted by atomic mass is 14.8. The Hall–Kier alpha value is -2.23. The van der Waals surface area contributed by atoms with Crippen molar-refractivity contribution in [3.8, 4) is 11.3 Å². The molecule has 0 aromatic carbocycles. The van der Waals surface area contributed by atoms with E-state index in [1.807, 2.05) is 24.3 Å². The second kappa shape index (κ2) is 3.88. The Morgan fingerprint density at radius 3 is 2.53 bits per heavy atom. The topological polar surface area (TPSA) is 75.7 Å². The van der Waals surface area contributed by atoms with E-state index >= 15 is 0 Å². The number of pyridine rings is 2. The van der Waals surface area contributed by atoms with Gasteiger partial charge in [0.25, 0.3) is 0 Å². The molecule has 0 saturated carbocycles. The van der Waals surface area contributed by atoms with Crippen LogP contribution in [-0.4, -0.2) is 15.8 Å². The molecule has 2 rings (SSSR count). The average Bonchev–Trinajstić information content (AvgIpc) is 2.30. The quantitative estimate of drug-likeness (QED) is 0.566. The monoisotopic (exact) mass is 198 g/mol. The summed E-state index contributed by atoms with van der Waals surface area (Å²) in [5, 5.41) is 7.41. The fraction of sp³-hybridized carbons (Fsp3) is 0. The standard InChI is InChI=1S/C11H10N4/c12-11(13)10-8(4-3-7-15-10)9-5-1-2-6-14-9/h1-7H,(H3,12,13). The van der Waals surface area contributed by atoms with Crippen LogP contribution in [0.25, 0.3) is 11.3 Å². The minimum absolute atomic E-state index is 0.0451. The van der Waals surface area contributed by atoms with Gasteiger partial charge in [-0.3, -0.25) is 15.4 Å². The van der Waals surface area contributed by atoms with E-state index in [4.69, 9.17) is 11.1 Å². The Morgan fingerprint density at radius 1 is 1.07 bits per heavy atom. The number of rotatable bonds is 2. The van der Waals surface area contributed by atoms with Crippen molar-refractivity contribution in [2.45, 2.75) is 0 Å². The van der Waals surface area contributed by atoms with Gasteiger partial charge >= 0.3 is 0 Å². The number of nitrogen functional groups attached to an aromatic ring is 1. The highest BCUT2D eigenvalue weighted by molar-refractivity contribution is 5.99. The highest BCUT2D eigenvalue weighted by Gasteiger charge is 2.08. The predicted octanol–water partition coefficient (Wildman–Crippen LogP) is 1.43. The van der Waals surface area contributed by atoms with E-state index in [-0.39, 0.29) is 5.84 Å². The molecule has 0 radical (unpaired) electrons. The first-order valence-electron chi connectivity index (χ1n) is 4.50. The van der Waals surface area contributed by atoms with Crippen LogP contribution in [0, 0.1) is 5.41 Å². The van der Waals surface area contributed by atoms with Gasteiger partial charge in [0.05, 0.1) is 5.69 Å². The van der Waals surface area contributed by atoms with Gasteiger partial charge in [0.1, 0.15) is 11.5 Å². The molecule has 3 N–H and O–H groups in total. The Morgan fingerprint density at radius 2 is 1.87 bits per heavy atom. The molecule has 0 saturated heterocycles. The first-order valence-corrected chi connectivity index (χ1v) is 4.50. The predicted molar refractivity (Wildman–Crippen MR) is 58.5 cm³/mol. The van der Waals surface area contributed by atoms with Crippen LogP contribution < -0.4 is 5.73 Å². The third-order valence-electron chi connectivity index (χ3n) is 2.00. The van der Waals surface area contributed by atoms with Crippen LogP contribution in [-0.2, 0) is 0 Å². The molecular weight excluding hydrogens is 188 g/mol. The zero-order valence-electron chi connectivity index (χ0n) is 8.01. The molecule has 2 aromatic rings. The number of hydrogen-bond acceptors (Lipinski definition) is 3. The van der Waals surface area contributed by atoms with Gasteiger partial charge in [-0.2, -0.15) is 0 Å². The Kier molecular flexibility index (Phi) is 2.41. The minimum Gasteiger partial charge on any atom is -0.382 e. The molecule has 15 heavy (non-hydrogen) atoms. The fourth-order valence-electron chi connectivity index (χ4n) is 1.35. The molecule has 0 amide bonds. The number of nitrogens with zero attached hydrogens (tertiary/aromatic N) is 2. The average molecular weight is 198 g/mol. The smallest absolute Gasteiger partial charge is 0.142 e. The van der Waals surface area contributed by atoms with Crippen molar-refractivity contribution in [1.82, 2.24) is 9.97 Å². The van der Waals surface area contributed by atoms with E-state index in [1.165, 1.54) is 0 Å². The third-order valence-corrected chi connectivity index (χ3v) is 2.00. The summed E-state index contributed by atoms with van der Waals surface area (Å²) in [4.78, 5) is 8.26. The van der Waals surface area contributed by atoms with Gasteiger partial charge in [0.15, 0.2) is 0 Å². The molecule has 0 aliphatic rings. The highest BCUT2D eigenvalue weighted by Crippen LogP contribution is 2.18. The number of nitrogens with one attached hydrogen (secondary N) is 1. The molecule has 0 aliphatic heterocycles. The molecule has 0 atom stereocenters. The molecule has 0 fully saturated rings. The van der Waals surface area contributed by atoms with Crippen molar-refractivity contribution >= 4 is 5.84 Å². The zero-order valence-corrected chi connectivity index (χ0v) is 8.01. The summed E-state index contributed by atoms with van der Waals surface area (Å²) >= 11 is 0. The lowest BCUT2D eigenvalue weighted by atomic mass is 10.1. The van der Waals surface area contributed by atoms with E-state index in [9.17, 15) is 0 Å². The van der Waals surface area contributed by atoms with Crippen molar-refractivity contribution in [3.63, 3.8) is 0 Å². The molecular formula is C11H10N4. The molecule has 2 heterocycles. The summed E-state index contributed by atoms with van der Waals surface area (Å²) in [5.41, 5.74) is 7.47. The van der Waals surface area contributed by atoms with Crippen LogP contribution >= 0.6 is 0 Å². The Balaban J connectivity index is 2.58. The third kappa shape index (κ3) is 1.83. The molecule has 2 aromatic heterocycles. The lowest BCUT2D eigenvalue weighted by Crippen LogP contribution is -2.14. The first-order chi connectivity index (χ1) is 7.29. The summed E-state index contributed by atoms with van der Waals surface area (Å²) in [5.74, 6) is -0.0451. The summed E-state index contributed by atoms with van der Waals surface area (Å²) < 4.78 is 0. The first kappa shape index (κ1) is 9.33. The SMILES string of the molecule is N=C(N)c1ncccc1-c1ccccn1. The van der Waals surface area contributed by atoms with Gasteiger partial charge in [0.2, 0.25) is 0 Å². The molecule has 0 unspecified atom stereocenters. The second-order valence-corrected chi connectivity index (χ2v) is 3.03. The van der Waals surface area contributed by atoms with Crippen LogP contribution in [0.1, 0.15) is 5.69 Å². The van der Waals surface area contributed by atoms with Gasteiger partial charge < -0.3 is 5.73 Å². The maximum Gasteiger partial charge on any atom is 0.142 e. The molecule has 0 bridgehead atoms. The zero-order chi connectivity index (χ0) is 10.7. The summed E-state index contributed by atoms with van der Waals surface area (Å²) in [6.07, 6.45) is 3.31. The maximum absolute atomic E-state index is 7.41. The number of amidine groups is 1. The Bertz CT molecular complexity index is 479. The molecule has 4 nitrogen and oxygen atoms in total. The van der Waals surface area contributed by atoms with Crippen molar-refractivity contribution in [1.29, 1.82) is 5.41 Å². The van der Waals surface area contributed by atoms with Crippen molar-refractivity contribution < 1.29 is 0 Å². The lowest BCUT2D eigenvalue weighted by Gasteiger charge is -2.05. The molecule has 74 valence electrons. The van der Waals surface area contributed by atoms with E-state index in [0.29, 0.717) is 5.69 Å². The minimum atomic E-state index is -0.0451.